The Morgan fingerprint density at radius 2 is 1.60 bits per heavy atom. The minimum absolute atomic E-state index is 0.0537. The molecule has 0 aliphatic heterocycles. The van der Waals surface area contributed by atoms with Gasteiger partial charge in [-0.05, 0) is 60.4 Å². The third-order valence-electron chi connectivity index (χ3n) is 6.75. The Kier molecular flexibility index (Phi) is 8.09. The summed E-state index contributed by atoms with van der Waals surface area (Å²) in [6.45, 7) is 5.25. The number of hydrogen-bond donors (Lipinski definition) is 1. The van der Waals surface area contributed by atoms with Gasteiger partial charge in [-0.2, -0.15) is 9.57 Å². The second-order valence-corrected chi connectivity index (χ2v) is 11.6. The minimum atomic E-state index is -3.94. The average Bonchev–Trinajstić information content (AvgIpc) is 3.29. The standard InChI is InChI=1S/C30H29N3O6S/c1-18(2)27(30(35)38-5)33(4)40(36,37)24-15-11-21(12-16-24)20-9-13-23(14-10-20)32-29(34)28-19(3)26-22(17-31)7-6-8-25(26)39-28/h6-16,18,27H,1-5H3,(H,32,34)/t27-/m0/s1. The number of esters is 1. The second kappa shape index (κ2) is 11.3. The number of furan rings is 1. The molecule has 1 heterocycles. The number of ether oxygens (including phenoxy) is 1. The first-order valence-corrected chi connectivity index (χ1v) is 13.9. The third-order valence-corrected chi connectivity index (χ3v) is 8.61. The van der Waals surface area contributed by atoms with Crippen LogP contribution in [0.4, 0.5) is 5.69 Å². The van der Waals surface area contributed by atoms with E-state index in [1.54, 1.807) is 75.4 Å². The van der Waals surface area contributed by atoms with E-state index in [9.17, 15) is 23.3 Å². The molecule has 3 aromatic carbocycles. The van der Waals surface area contributed by atoms with Crippen molar-refractivity contribution in [1.29, 1.82) is 5.26 Å². The van der Waals surface area contributed by atoms with Crippen molar-refractivity contribution in [1.82, 2.24) is 4.31 Å². The van der Waals surface area contributed by atoms with E-state index in [2.05, 4.69) is 11.4 Å². The monoisotopic (exact) mass is 559 g/mol. The Hall–Kier alpha value is -4.46. The van der Waals surface area contributed by atoms with Crippen molar-refractivity contribution in [3.63, 3.8) is 0 Å². The van der Waals surface area contributed by atoms with E-state index in [-0.39, 0.29) is 16.6 Å². The second-order valence-electron chi connectivity index (χ2n) is 9.64. The lowest BCUT2D eigenvalue weighted by molar-refractivity contribution is -0.146. The third kappa shape index (κ3) is 5.34. The largest absolute Gasteiger partial charge is 0.468 e. The van der Waals surface area contributed by atoms with Crippen molar-refractivity contribution in [3.05, 3.63) is 83.6 Å². The molecule has 40 heavy (non-hydrogen) atoms. The molecule has 0 radical (unpaired) electrons. The molecule has 0 aliphatic rings. The van der Waals surface area contributed by atoms with Gasteiger partial charge in [0.25, 0.3) is 5.91 Å². The van der Waals surface area contributed by atoms with Gasteiger partial charge in [0.1, 0.15) is 11.6 Å². The summed E-state index contributed by atoms with van der Waals surface area (Å²) in [6.07, 6.45) is 0. The number of sulfonamides is 1. The van der Waals surface area contributed by atoms with E-state index in [4.69, 9.17) is 9.15 Å². The fraction of sp³-hybridized carbons (Fsp3) is 0.233. The molecule has 0 saturated heterocycles. The van der Waals surface area contributed by atoms with Crippen LogP contribution in [0.1, 0.15) is 35.5 Å². The molecule has 1 aromatic heterocycles. The summed E-state index contributed by atoms with van der Waals surface area (Å²) < 4.78 is 37.9. The number of nitrogens with one attached hydrogen (secondary N) is 1. The lowest BCUT2D eigenvalue weighted by Gasteiger charge is -2.28. The zero-order valence-corrected chi connectivity index (χ0v) is 23.6. The van der Waals surface area contributed by atoms with Crippen LogP contribution in [0.5, 0.6) is 0 Å². The van der Waals surface area contributed by atoms with Gasteiger partial charge in [0, 0.05) is 23.7 Å². The van der Waals surface area contributed by atoms with Gasteiger partial charge in [-0.25, -0.2) is 8.42 Å². The average molecular weight is 560 g/mol. The van der Waals surface area contributed by atoms with E-state index in [0.29, 0.717) is 27.8 Å². The van der Waals surface area contributed by atoms with Gasteiger partial charge >= 0.3 is 5.97 Å². The highest BCUT2D eigenvalue weighted by molar-refractivity contribution is 7.89. The molecular weight excluding hydrogens is 530 g/mol. The highest BCUT2D eigenvalue weighted by Gasteiger charge is 2.35. The van der Waals surface area contributed by atoms with Crippen LogP contribution in [0, 0.1) is 24.2 Å². The minimum Gasteiger partial charge on any atom is -0.468 e. The van der Waals surface area contributed by atoms with Crippen molar-refractivity contribution in [2.45, 2.75) is 31.7 Å². The van der Waals surface area contributed by atoms with Gasteiger partial charge in [0.2, 0.25) is 10.0 Å². The van der Waals surface area contributed by atoms with Crippen LogP contribution in [0.15, 0.2) is 76.0 Å². The van der Waals surface area contributed by atoms with Crippen molar-refractivity contribution >= 4 is 38.6 Å². The Morgan fingerprint density at radius 1 is 1.00 bits per heavy atom. The molecule has 1 amide bonds. The molecule has 0 saturated carbocycles. The van der Waals surface area contributed by atoms with E-state index in [1.807, 2.05) is 0 Å². The van der Waals surface area contributed by atoms with Gasteiger partial charge in [-0.1, -0.05) is 44.2 Å². The van der Waals surface area contributed by atoms with Crippen LogP contribution in [0.2, 0.25) is 0 Å². The van der Waals surface area contributed by atoms with Gasteiger partial charge in [-0.3, -0.25) is 9.59 Å². The van der Waals surface area contributed by atoms with Crippen molar-refractivity contribution in [2.75, 3.05) is 19.5 Å². The van der Waals surface area contributed by atoms with Crippen LogP contribution in [0.25, 0.3) is 22.1 Å². The molecule has 0 aliphatic carbocycles. The summed E-state index contributed by atoms with van der Waals surface area (Å²) >= 11 is 0. The zero-order valence-electron chi connectivity index (χ0n) is 22.8. The highest BCUT2D eigenvalue weighted by Crippen LogP contribution is 2.30. The molecule has 0 bridgehead atoms. The Morgan fingerprint density at radius 3 is 2.15 bits per heavy atom. The zero-order chi connectivity index (χ0) is 29.2. The topological polar surface area (TPSA) is 130 Å². The van der Waals surface area contributed by atoms with Gasteiger partial charge in [0.15, 0.2) is 5.76 Å². The fourth-order valence-electron chi connectivity index (χ4n) is 4.64. The smallest absolute Gasteiger partial charge is 0.324 e. The molecule has 9 nitrogen and oxygen atoms in total. The predicted molar refractivity (Wildman–Crippen MR) is 151 cm³/mol. The molecule has 10 heteroatoms. The van der Waals surface area contributed by atoms with Gasteiger partial charge in [0.05, 0.1) is 23.6 Å². The summed E-state index contributed by atoms with van der Waals surface area (Å²) in [7, 11) is -1.34. The molecule has 0 spiro atoms. The normalized spacial score (nSPS) is 12.3. The van der Waals surface area contributed by atoms with Crippen molar-refractivity contribution in [2.24, 2.45) is 5.92 Å². The lowest BCUT2D eigenvalue weighted by Crippen LogP contribution is -2.46. The molecule has 206 valence electrons. The van der Waals surface area contributed by atoms with Crippen molar-refractivity contribution < 1.29 is 27.2 Å². The Labute approximate surface area is 233 Å². The molecule has 0 unspecified atom stereocenters. The summed E-state index contributed by atoms with van der Waals surface area (Å²) in [6, 6.07) is 19.7. The number of benzene rings is 3. The number of rotatable bonds is 8. The molecule has 4 aromatic rings. The highest BCUT2D eigenvalue weighted by atomic mass is 32.2. The quantitative estimate of drug-likeness (QED) is 0.288. The lowest BCUT2D eigenvalue weighted by atomic mass is 10.1. The molecule has 1 N–H and O–H groups in total. The number of aryl methyl sites for hydroxylation is 1. The maximum atomic E-state index is 13.2. The van der Waals surface area contributed by atoms with Crippen molar-refractivity contribution in [3.8, 4) is 17.2 Å². The number of methoxy groups -OCH3 is 1. The number of likely N-dealkylation sites (N-methyl/N-ethyl adjacent to an activating group) is 1. The van der Waals surface area contributed by atoms with Gasteiger partial charge in [-0.15, -0.1) is 0 Å². The maximum absolute atomic E-state index is 13.2. The van der Waals surface area contributed by atoms with E-state index >= 15 is 0 Å². The van der Waals surface area contributed by atoms with E-state index in [1.165, 1.54) is 26.3 Å². The summed E-state index contributed by atoms with van der Waals surface area (Å²) in [5, 5.41) is 12.8. The van der Waals surface area contributed by atoms with Gasteiger partial charge < -0.3 is 14.5 Å². The first-order chi connectivity index (χ1) is 19.0. The first-order valence-electron chi connectivity index (χ1n) is 12.5. The Balaban J connectivity index is 1.51. The summed E-state index contributed by atoms with van der Waals surface area (Å²) in [5.74, 6) is -1.20. The van der Waals surface area contributed by atoms with Crippen LogP contribution in [-0.4, -0.2) is 44.8 Å². The molecular formula is C30H29N3O6S. The molecule has 4 rings (SSSR count). The first kappa shape index (κ1) is 28.5. The van der Waals surface area contributed by atoms with Crippen LogP contribution < -0.4 is 5.32 Å². The summed E-state index contributed by atoms with van der Waals surface area (Å²) in [4.78, 5) is 25.2. The summed E-state index contributed by atoms with van der Waals surface area (Å²) in [5.41, 5.74) is 3.62. The molecule has 0 fully saturated rings. The number of amides is 1. The number of carbonyl (C=O) groups excluding carboxylic acids is 2. The number of nitriles is 1. The maximum Gasteiger partial charge on any atom is 0.324 e. The van der Waals surface area contributed by atoms with E-state index in [0.717, 1.165) is 15.4 Å². The predicted octanol–water partition coefficient (Wildman–Crippen LogP) is 5.35. The van der Waals surface area contributed by atoms with Crippen LogP contribution in [-0.2, 0) is 19.6 Å². The number of nitrogens with zero attached hydrogens (tertiary/aromatic N) is 2. The number of carbonyl (C=O) groups is 2. The fourth-order valence-corrected chi connectivity index (χ4v) is 6.08. The molecule has 1 atom stereocenters. The SMILES string of the molecule is COC(=O)[C@H](C(C)C)N(C)S(=O)(=O)c1ccc(-c2ccc(NC(=O)c3oc4cccc(C#N)c4c3C)cc2)cc1. The number of anilines is 1. The number of hydrogen-bond acceptors (Lipinski definition) is 7. The van der Waals surface area contributed by atoms with Crippen LogP contribution in [0.3, 0.4) is 0 Å². The Bertz CT molecular complexity index is 1720. The van der Waals surface area contributed by atoms with Crippen LogP contribution >= 0.6 is 0 Å². The number of fused-ring (bicyclic) bond motifs is 1. The van der Waals surface area contributed by atoms with E-state index < -0.39 is 27.9 Å².